The molecule has 108 valence electrons. The first-order valence-corrected chi connectivity index (χ1v) is 6.56. The Hall–Kier alpha value is -1.26. The number of rotatable bonds is 6. The molecule has 0 aliphatic heterocycles. The van der Waals surface area contributed by atoms with Crippen molar-refractivity contribution in [2.75, 3.05) is 13.7 Å². The fraction of sp³-hybridized carbons (Fsp3) is 0.600. The third-order valence-corrected chi connectivity index (χ3v) is 3.01. The van der Waals surface area contributed by atoms with Crippen molar-refractivity contribution in [1.82, 2.24) is 0 Å². The smallest absolute Gasteiger partial charge is 0.196 e. The predicted octanol–water partition coefficient (Wildman–Crippen LogP) is 3.13. The molecule has 0 aromatic heterocycles. The average Bonchev–Trinajstić information content (AvgIpc) is 2.33. The molecule has 1 aromatic rings. The fourth-order valence-electron chi connectivity index (χ4n) is 2.20. The van der Waals surface area contributed by atoms with E-state index in [1.54, 1.807) is 14.0 Å². The van der Waals surface area contributed by atoms with Crippen LogP contribution in [0.15, 0.2) is 6.07 Å². The summed E-state index contributed by atoms with van der Waals surface area (Å²) in [5.74, 6) is 1.42. The SMILES string of the molecule is CCOC(C)Oc1c(C(C)O)cc(C)c(OC)c1C. The quantitative estimate of drug-likeness (QED) is 0.805. The molecule has 19 heavy (non-hydrogen) atoms. The summed E-state index contributed by atoms with van der Waals surface area (Å²) in [5, 5.41) is 9.90. The lowest BCUT2D eigenvalue weighted by atomic mass is 10.0. The van der Waals surface area contributed by atoms with Gasteiger partial charge in [-0.3, -0.25) is 0 Å². The maximum Gasteiger partial charge on any atom is 0.196 e. The van der Waals surface area contributed by atoms with Crippen LogP contribution in [0.1, 0.15) is 43.6 Å². The highest BCUT2D eigenvalue weighted by molar-refractivity contribution is 5.54. The van der Waals surface area contributed by atoms with Crippen molar-refractivity contribution < 1.29 is 19.3 Å². The normalized spacial score (nSPS) is 14.1. The number of methoxy groups -OCH3 is 1. The topological polar surface area (TPSA) is 47.9 Å². The van der Waals surface area contributed by atoms with E-state index in [0.29, 0.717) is 12.4 Å². The van der Waals surface area contributed by atoms with E-state index in [0.717, 1.165) is 22.4 Å². The summed E-state index contributed by atoms with van der Waals surface area (Å²) < 4.78 is 16.6. The van der Waals surface area contributed by atoms with Gasteiger partial charge in [-0.05, 0) is 46.2 Å². The van der Waals surface area contributed by atoms with Crippen LogP contribution < -0.4 is 9.47 Å². The number of aliphatic hydroxyl groups excluding tert-OH is 1. The first-order valence-electron chi connectivity index (χ1n) is 6.56. The van der Waals surface area contributed by atoms with Gasteiger partial charge in [0, 0.05) is 17.7 Å². The van der Waals surface area contributed by atoms with Gasteiger partial charge in [0.2, 0.25) is 0 Å². The molecule has 0 bridgehead atoms. The molecule has 2 unspecified atom stereocenters. The van der Waals surface area contributed by atoms with Crippen LogP contribution in [-0.4, -0.2) is 25.1 Å². The van der Waals surface area contributed by atoms with Gasteiger partial charge in [-0.25, -0.2) is 0 Å². The van der Waals surface area contributed by atoms with Crippen molar-refractivity contribution in [2.45, 2.75) is 47.0 Å². The van der Waals surface area contributed by atoms with Gasteiger partial charge in [0.15, 0.2) is 6.29 Å². The molecule has 1 N–H and O–H groups in total. The van der Waals surface area contributed by atoms with E-state index >= 15 is 0 Å². The van der Waals surface area contributed by atoms with Crippen molar-refractivity contribution in [3.8, 4) is 11.5 Å². The van der Waals surface area contributed by atoms with Crippen LogP contribution >= 0.6 is 0 Å². The second-order valence-electron chi connectivity index (χ2n) is 4.59. The molecule has 0 spiro atoms. The molecule has 0 aliphatic carbocycles. The zero-order valence-electron chi connectivity index (χ0n) is 12.6. The minimum atomic E-state index is -0.605. The van der Waals surface area contributed by atoms with E-state index < -0.39 is 6.10 Å². The highest BCUT2D eigenvalue weighted by Crippen LogP contribution is 2.38. The summed E-state index contributed by atoms with van der Waals surface area (Å²) in [4.78, 5) is 0. The molecule has 0 fully saturated rings. The first-order chi connectivity index (χ1) is 8.92. The Kier molecular flexibility index (Phi) is 5.63. The van der Waals surface area contributed by atoms with Crippen LogP contribution in [-0.2, 0) is 4.74 Å². The number of hydrogen-bond donors (Lipinski definition) is 1. The zero-order valence-corrected chi connectivity index (χ0v) is 12.6. The second-order valence-corrected chi connectivity index (χ2v) is 4.59. The van der Waals surface area contributed by atoms with Crippen LogP contribution in [0.4, 0.5) is 0 Å². The van der Waals surface area contributed by atoms with E-state index in [2.05, 4.69) is 0 Å². The zero-order chi connectivity index (χ0) is 14.6. The summed E-state index contributed by atoms with van der Waals surface area (Å²) in [6.45, 7) is 9.92. The molecular formula is C15H24O4. The summed E-state index contributed by atoms with van der Waals surface area (Å²) in [6.07, 6.45) is -0.972. The standard InChI is InChI=1S/C15H24O4/c1-7-18-12(5)19-15-10(3)14(17-6)9(2)8-13(15)11(4)16/h8,11-12,16H,7H2,1-6H3. The minimum Gasteiger partial charge on any atom is -0.496 e. The molecular weight excluding hydrogens is 244 g/mol. The molecule has 0 saturated heterocycles. The molecule has 0 amide bonds. The number of aryl methyl sites for hydroxylation is 1. The van der Waals surface area contributed by atoms with Crippen LogP contribution in [0.2, 0.25) is 0 Å². The number of hydrogen-bond acceptors (Lipinski definition) is 4. The van der Waals surface area contributed by atoms with Gasteiger partial charge in [-0.1, -0.05) is 0 Å². The third-order valence-electron chi connectivity index (χ3n) is 3.01. The molecule has 4 nitrogen and oxygen atoms in total. The van der Waals surface area contributed by atoms with Gasteiger partial charge in [-0.15, -0.1) is 0 Å². The van der Waals surface area contributed by atoms with Crippen LogP contribution in [0.5, 0.6) is 11.5 Å². The average molecular weight is 268 g/mol. The Bertz CT molecular complexity index is 427. The van der Waals surface area contributed by atoms with E-state index in [1.165, 1.54) is 0 Å². The third kappa shape index (κ3) is 3.61. The molecule has 0 radical (unpaired) electrons. The monoisotopic (exact) mass is 268 g/mol. The molecule has 1 aromatic carbocycles. The predicted molar refractivity (Wildman–Crippen MR) is 74.8 cm³/mol. The van der Waals surface area contributed by atoms with E-state index in [-0.39, 0.29) is 6.29 Å². The Balaban J connectivity index is 3.25. The Morgan fingerprint density at radius 1 is 1.21 bits per heavy atom. The maximum absolute atomic E-state index is 9.90. The molecule has 1 rings (SSSR count). The number of ether oxygens (including phenoxy) is 3. The van der Waals surface area contributed by atoms with Crippen LogP contribution in [0.3, 0.4) is 0 Å². The van der Waals surface area contributed by atoms with E-state index in [9.17, 15) is 5.11 Å². The van der Waals surface area contributed by atoms with Gasteiger partial charge < -0.3 is 19.3 Å². The van der Waals surface area contributed by atoms with E-state index in [4.69, 9.17) is 14.2 Å². The van der Waals surface area contributed by atoms with Gasteiger partial charge in [0.05, 0.1) is 13.2 Å². The minimum absolute atomic E-state index is 0.367. The maximum atomic E-state index is 9.90. The summed E-state index contributed by atoms with van der Waals surface area (Å²) in [7, 11) is 1.63. The largest absolute Gasteiger partial charge is 0.496 e. The molecule has 0 aliphatic rings. The van der Waals surface area contributed by atoms with Crippen molar-refractivity contribution in [1.29, 1.82) is 0 Å². The van der Waals surface area contributed by atoms with Crippen molar-refractivity contribution in [3.63, 3.8) is 0 Å². The highest BCUT2D eigenvalue weighted by Gasteiger charge is 2.19. The summed E-state index contributed by atoms with van der Waals surface area (Å²) >= 11 is 0. The molecule has 4 heteroatoms. The summed E-state index contributed by atoms with van der Waals surface area (Å²) in [6, 6.07) is 1.89. The van der Waals surface area contributed by atoms with E-state index in [1.807, 2.05) is 33.8 Å². The number of benzene rings is 1. The van der Waals surface area contributed by atoms with Gasteiger partial charge in [0.25, 0.3) is 0 Å². The Labute approximate surface area is 115 Å². The highest BCUT2D eigenvalue weighted by atomic mass is 16.7. The lowest BCUT2D eigenvalue weighted by Gasteiger charge is -2.23. The second kappa shape index (κ2) is 6.78. The van der Waals surface area contributed by atoms with Gasteiger partial charge in [0.1, 0.15) is 11.5 Å². The molecule has 0 heterocycles. The lowest BCUT2D eigenvalue weighted by molar-refractivity contribution is -0.0629. The Morgan fingerprint density at radius 3 is 2.32 bits per heavy atom. The van der Waals surface area contributed by atoms with Gasteiger partial charge >= 0.3 is 0 Å². The fourth-order valence-corrected chi connectivity index (χ4v) is 2.20. The number of aliphatic hydroxyl groups is 1. The van der Waals surface area contributed by atoms with Crippen LogP contribution in [0.25, 0.3) is 0 Å². The summed E-state index contributed by atoms with van der Waals surface area (Å²) in [5.41, 5.74) is 2.61. The van der Waals surface area contributed by atoms with Crippen molar-refractivity contribution in [2.24, 2.45) is 0 Å². The first kappa shape index (κ1) is 15.8. The Morgan fingerprint density at radius 2 is 1.84 bits per heavy atom. The molecule has 2 atom stereocenters. The van der Waals surface area contributed by atoms with Crippen molar-refractivity contribution >= 4 is 0 Å². The molecule has 0 saturated carbocycles. The lowest BCUT2D eigenvalue weighted by Crippen LogP contribution is -2.18. The van der Waals surface area contributed by atoms with Crippen LogP contribution in [0, 0.1) is 13.8 Å². The van der Waals surface area contributed by atoms with Gasteiger partial charge in [-0.2, -0.15) is 0 Å². The van der Waals surface area contributed by atoms with Crippen molar-refractivity contribution in [3.05, 3.63) is 22.8 Å².